The van der Waals surface area contributed by atoms with Crippen molar-refractivity contribution in [1.82, 2.24) is 24.8 Å². The molecule has 1 aromatic carbocycles. The monoisotopic (exact) mass is 476 g/mol. The van der Waals surface area contributed by atoms with Gasteiger partial charge >= 0.3 is 0 Å². The number of carbonyl (C=O) groups is 1. The minimum atomic E-state index is 0.0674. The van der Waals surface area contributed by atoms with Gasteiger partial charge in [0.15, 0.2) is 5.65 Å². The van der Waals surface area contributed by atoms with E-state index in [-0.39, 0.29) is 11.8 Å². The third kappa shape index (κ3) is 5.49. The van der Waals surface area contributed by atoms with E-state index in [0.717, 1.165) is 87.2 Å². The summed E-state index contributed by atoms with van der Waals surface area (Å²) in [6.45, 7) is 13.0. The van der Waals surface area contributed by atoms with Gasteiger partial charge in [-0.05, 0) is 45.7 Å². The molecule has 0 spiro atoms. The van der Waals surface area contributed by atoms with Crippen molar-refractivity contribution in [1.29, 1.82) is 0 Å². The Hall–Kier alpha value is -2.97. The number of amides is 1. The van der Waals surface area contributed by atoms with Gasteiger partial charge in [0.1, 0.15) is 5.82 Å². The van der Waals surface area contributed by atoms with Gasteiger partial charge in [-0.25, -0.2) is 4.98 Å². The normalized spacial score (nSPS) is 17.7. The number of benzene rings is 1. The predicted octanol–water partition coefficient (Wildman–Crippen LogP) is 2.99. The highest BCUT2D eigenvalue weighted by Crippen LogP contribution is 2.28. The highest BCUT2D eigenvalue weighted by Gasteiger charge is 2.27. The van der Waals surface area contributed by atoms with Gasteiger partial charge in [0, 0.05) is 68.6 Å². The summed E-state index contributed by atoms with van der Waals surface area (Å²) in [7, 11) is 0. The molecule has 1 amide bonds. The maximum atomic E-state index is 12.8. The van der Waals surface area contributed by atoms with Crippen LogP contribution in [0.5, 0.6) is 0 Å². The maximum absolute atomic E-state index is 12.8. The Bertz CT molecular complexity index is 1170. The lowest BCUT2D eigenvalue weighted by molar-refractivity contribution is -0.125. The Morgan fingerprint density at radius 3 is 2.43 bits per heavy atom. The number of hydrogen-bond donors (Lipinski definition) is 1. The fourth-order valence-corrected chi connectivity index (χ4v) is 5.25. The molecule has 2 aliphatic heterocycles. The van der Waals surface area contributed by atoms with Crippen LogP contribution < -0.4 is 10.2 Å². The van der Waals surface area contributed by atoms with Gasteiger partial charge in [0.05, 0.1) is 18.9 Å². The van der Waals surface area contributed by atoms with Gasteiger partial charge in [0.2, 0.25) is 5.91 Å². The Labute approximate surface area is 207 Å². The number of anilines is 1. The number of fused-ring (bicyclic) bond motifs is 1. The van der Waals surface area contributed by atoms with E-state index in [1.54, 1.807) is 0 Å². The second-order valence-electron chi connectivity index (χ2n) is 9.94. The van der Waals surface area contributed by atoms with E-state index in [9.17, 15) is 4.79 Å². The SMILES string of the molecule is Cc1cc(C)cc(-c2cc3nc(C)cc(N4CCC(C(=O)NCCN5CCOCC5)CC4)n3n2)c1. The molecule has 8 nitrogen and oxygen atoms in total. The van der Waals surface area contributed by atoms with Crippen molar-refractivity contribution in [2.24, 2.45) is 5.92 Å². The van der Waals surface area contributed by atoms with Gasteiger partial charge in [-0.3, -0.25) is 9.69 Å². The fraction of sp³-hybridized carbons (Fsp3) is 0.519. The molecule has 35 heavy (non-hydrogen) atoms. The van der Waals surface area contributed by atoms with E-state index < -0.39 is 0 Å². The van der Waals surface area contributed by atoms with E-state index in [0.29, 0.717) is 6.54 Å². The number of aryl methyl sites for hydroxylation is 3. The number of ether oxygens (including phenoxy) is 1. The Kier molecular flexibility index (Phi) is 7.02. The average molecular weight is 477 g/mol. The summed E-state index contributed by atoms with van der Waals surface area (Å²) in [6.07, 6.45) is 1.69. The first-order valence-electron chi connectivity index (χ1n) is 12.7. The van der Waals surface area contributed by atoms with Crippen LogP contribution in [0.2, 0.25) is 0 Å². The second-order valence-corrected chi connectivity index (χ2v) is 9.94. The van der Waals surface area contributed by atoms with Crippen LogP contribution in [-0.4, -0.2) is 77.9 Å². The molecule has 1 N–H and O–H groups in total. The summed E-state index contributed by atoms with van der Waals surface area (Å²) in [5, 5.41) is 8.10. The lowest BCUT2D eigenvalue weighted by atomic mass is 9.96. The van der Waals surface area contributed by atoms with E-state index in [1.165, 1.54) is 11.1 Å². The molecule has 2 aliphatic rings. The van der Waals surface area contributed by atoms with Crippen LogP contribution in [0.1, 0.15) is 29.7 Å². The first-order chi connectivity index (χ1) is 17.0. The van der Waals surface area contributed by atoms with Crippen LogP contribution in [0.3, 0.4) is 0 Å². The Morgan fingerprint density at radius 2 is 1.71 bits per heavy atom. The summed E-state index contributed by atoms with van der Waals surface area (Å²) in [5.74, 6) is 1.30. The second kappa shape index (κ2) is 10.3. The molecule has 186 valence electrons. The standard InChI is InChI=1S/C27H36N6O2/c1-19-14-20(2)16-23(15-19)24-18-25-29-21(3)17-26(33(25)30-24)32-7-4-22(5-8-32)27(34)28-6-9-31-10-12-35-13-11-31/h14-18,22H,4-13H2,1-3H3,(H,28,34). The largest absolute Gasteiger partial charge is 0.379 e. The van der Waals surface area contributed by atoms with Crippen LogP contribution in [0, 0.1) is 26.7 Å². The number of aromatic nitrogens is 3. The molecule has 5 rings (SSSR count). The highest BCUT2D eigenvalue weighted by molar-refractivity contribution is 5.79. The highest BCUT2D eigenvalue weighted by atomic mass is 16.5. The topological polar surface area (TPSA) is 75.0 Å². The number of nitrogens with zero attached hydrogens (tertiary/aromatic N) is 5. The molecule has 0 saturated carbocycles. The smallest absolute Gasteiger partial charge is 0.223 e. The lowest BCUT2D eigenvalue weighted by Gasteiger charge is -2.33. The van der Waals surface area contributed by atoms with Crippen molar-refractivity contribution in [2.75, 3.05) is 57.4 Å². The van der Waals surface area contributed by atoms with Gasteiger partial charge in [-0.15, -0.1) is 0 Å². The summed E-state index contributed by atoms with van der Waals surface area (Å²) in [4.78, 5) is 22.2. The molecule has 2 fully saturated rings. The van der Waals surface area contributed by atoms with Crippen LogP contribution in [-0.2, 0) is 9.53 Å². The quantitative estimate of drug-likeness (QED) is 0.590. The number of nitrogens with one attached hydrogen (secondary N) is 1. The summed E-state index contributed by atoms with van der Waals surface area (Å²) in [5.41, 5.74) is 6.34. The van der Waals surface area contributed by atoms with E-state index >= 15 is 0 Å². The minimum absolute atomic E-state index is 0.0674. The van der Waals surface area contributed by atoms with E-state index in [1.807, 2.05) is 11.4 Å². The van der Waals surface area contributed by atoms with E-state index in [4.69, 9.17) is 14.8 Å². The molecule has 2 saturated heterocycles. The molecule has 0 atom stereocenters. The summed E-state index contributed by atoms with van der Waals surface area (Å²) in [6, 6.07) is 10.7. The molecular weight excluding hydrogens is 440 g/mol. The maximum Gasteiger partial charge on any atom is 0.223 e. The van der Waals surface area contributed by atoms with Crippen molar-refractivity contribution in [3.05, 3.63) is 47.2 Å². The molecule has 3 aromatic rings. The van der Waals surface area contributed by atoms with Crippen molar-refractivity contribution >= 4 is 17.4 Å². The Balaban J connectivity index is 1.24. The number of morpholine rings is 1. The summed E-state index contributed by atoms with van der Waals surface area (Å²) < 4.78 is 7.35. The van der Waals surface area contributed by atoms with Gasteiger partial charge in [-0.2, -0.15) is 9.61 Å². The number of hydrogen-bond acceptors (Lipinski definition) is 6. The zero-order valence-electron chi connectivity index (χ0n) is 21.1. The molecular formula is C27H36N6O2. The number of piperidine rings is 1. The molecule has 0 unspecified atom stereocenters. The van der Waals surface area contributed by atoms with Crippen LogP contribution >= 0.6 is 0 Å². The number of rotatable bonds is 6. The molecule has 0 aliphatic carbocycles. The van der Waals surface area contributed by atoms with Crippen molar-refractivity contribution in [3.8, 4) is 11.3 Å². The third-order valence-electron chi connectivity index (χ3n) is 7.07. The van der Waals surface area contributed by atoms with Crippen LogP contribution in [0.15, 0.2) is 30.3 Å². The Morgan fingerprint density at radius 1 is 1.00 bits per heavy atom. The zero-order valence-corrected chi connectivity index (χ0v) is 21.1. The van der Waals surface area contributed by atoms with Crippen LogP contribution in [0.25, 0.3) is 16.9 Å². The van der Waals surface area contributed by atoms with Crippen molar-refractivity contribution in [3.63, 3.8) is 0 Å². The van der Waals surface area contributed by atoms with Gasteiger partial charge < -0.3 is 15.0 Å². The van der Waals surface area contributed by atoms with E-state index in [2.05, 4.69) is 59.3 Å². The van der Waals surface area contributed by atoms with Crippen molar-refractivity contribution in [2.45, 2.75) is 33.6 Å². The molecule has 4 heterocycles. The van der Waals surface area contributed by atoms with Gasteiger partial charge in [-0.1, -0.05) is 17.2 Å². The lowest BCUT2D eigenvalue weighted by Crippen LogP contribution is -2.44. The molecule has 2 aromatic heterocycles. The molecule has 0 radical (unpaired) electrons. The minimum Gasteiger partial charge on any atom is -0.379 e. The van der Waals surface area contributed by atoms with Crippen LogP contribution in [0.4, 0.5) is 5.82 Å². The molecule has 0 bridgehead atoms. The first-order valence-corrected chi connectivity index (χ1v) is 12.7. The average Bonchev–Trinajstić information content (AvgIpc) is 3.28. The van der Waals surface area contributed by atoms with Crippen molar-refractivity contribution < 1.29 is 9.53 Å². The molecule has 8 heteroatoms. The van der Waals surface area contributed by atoms with Gasteiger partial charge in [0.25, 0.3) is 0 Å². The summed E-state index contributed by atoms with van der Waals surface area (Å²) >= 11 is 0. The third-order valence-corrected chi connectivity index (χ3v) is 7.07. The predicted molar refractivity (Wildman–Crippen MR) is 138 cm³/mol. The zero-order chi connectivity index (χ0) is 24.4. The first kappa shape index (κ1) is 23.8. The fourth-order valence-electron chi connectivity index (χ4n) is 5.25. The number of carbonyl (C=O) groups excluding carboxylic acids is 1.